The molecule has 5 nitrogen and oxygen atoms in total. The Morgan fingerprint density at radius 2 is 1.71 bits per heavy atom. The van der Waals surface area contributed by atoms with Crippen LogP contribution in [-0.4, -0.2) is 21.5 Å². The van der Waals surface area contributed by atoms with Gasteiger partial charge in [-0.05, 0) is 37.1 Å². The molecule has 0 aliphatic heterocycles. The lowest BCUT2D eigenvalue weighted by molar-refractivity contribution is -0.122. The summed E-state index contributed by atoms with van der Waals surface area (Å²) in [5.74, 6) is 1.61. The fourth-order valence-electron chi connectivity index (χ4n) is 3.92. The number of imidazole rings is 1. The normalized spacial score (nSPS) is 15.3. The smallest absolute Gasteiger partial charge is 0.240 e. The quantitative estimate of drug-likeness (QED) is 0.646. The van der Waals surface area contributed by atoms with Gasteiger partial charge in [0, 0.05) is 6.04 Å². The molecule has 1 aliphatic carbocycles. The average molecular weight is 377 g/mol. The molecule has 0 spiro atoms. The standard InChI is InChI=1S/C23H27N3O2/c27-23(24-18-10-4-1-2-5-11-18)16-26-21-15-9-8-14-20(21)25-22(26)17-28-19-12-6-3-7-13-19/h3,6-9,12-15,18H,1-2,4-5,10-11,16-17H2,(H,24,27). The Hall–Kier alpha value is -2.82. The Morgan fingerprint density at radius 3 is 2.50 bits per heavy atom. The molecule has 0 saturated heterocycles. The van der Waals surface area contributed by atoms with Crippen LogP contribution < -0.4 is 10.1 Å². The molecule has 0 unspecified atom stereocenters. The minimum absolute atomic E-state index is 0.0519. The second-order valence-corrected chi connectivity index (χ2v) is 7.46. The SMILES string of the molecule is O=C(Cn1c(COc2ccccc2)nc2ccccc21)NC1CCCCCC1. The van der Waals surface area contributed by atoms with Gasteiger partial charge in [-0.1, -0.05) is 56.0 Å². The first-order valence-corrected chi connectivity index (χ1v) is 10.2. The number of hydrogen-bond acceptors (Lipinski definition) is 3. The molecule has 2 aromatic carbocycles. The van der Waals surface area contributed by atoms with E-state index >= 15 is 0 Å². The highest BCUT2D eigenvalue weighted by molar-refractivity contribution is 5.81. The molecule has 0 radical (unpaired) electrons. The summed E-state index contributed by atoms with van der Waals surface area (Å²) in [7, 11) is 0. The van der Waals surface area contributed by atoms with Gasteiger partial charge in [0.1, 0.15) is 24.7 Å². The van der Waals surface area contributed by atoms with E-state index in [4.69, 9.17) is 9.72 Å². The van der Waals surface area contributed by atoms with Crippen LogP contribution in [0.3, 0.4) is 0 Å². The van der Waals surface area contributed by atoms with Gasteiger partial charge in [-0.2, -0.15) is 0 Å². The summed E-state index contributed by atoms with van der Waals surface area (Å²) in [4.78, 5) is 17.5. The van der Waals surface area contributed by atoms with Crippen molar-refractivity contribution in [2.75, 3.05) is 0 Å². The first-order chi connectivity index (χ1) is 13.8. The molecule has 28 heavy (non-hydrogen) atoms. The average Bonchev–Trinajstić information content (AvgIpc) is 2.88. The molecule has 3 aromatic rings. The summed E-state index contributed by atoms with van der Waals surface area (Å²) in [6.07, 6.45) is 7.13. The molecule has 0 atom stereocenters. The molecule has 1 aliphatic rings. The maximum Gasteiger partial charge on any atom is 0.240 e. The van der Waals surface area contributed by atoms with Crippen molar-refractivity contribution in [1.29, 1.82) is 0 Å². The first kappa shape index (κ1) is 18.5. The van der Waals surface area contributed by atoms with E-state index in [1.165, 1.54) is 25.7 Å². The van der Waals surface area contributed by atoms with Crippen LogP contribution in [0.4, 0.5) is 0 Å². The lowest BCUT2D eigenvalue weighted by Gasteiger charge is -2.17. The van der Waals surface area contributed by atoms with Crippen LogP contribution in [0.1, 0.15) is 44.3 Å². The van der Waals surface area contributed by atoms with E-state index in [1.807, 2.05) is 59.2 Å². The summed E-state index contributed by atoms with van der Waals surface area (Å²) in [6, 6.07) is 17.9. The summed E-state index contributed by atoms with van der Waals surface area (Å²) in [5.41, 5.74) is 1.85. The molecular weight excluding hydrogens is 350 g/mol. The molecule has 146 valence electrons. The van der Waals surface area contributed by atoms with Crippen molar-refractivity contribution in [2.45, 2.75) is 57.7 Å². The van der Waals surface area contributed by atoms with Gasteiger partial charge in [0.15, 0.2) is 0 Å². The predicted octanol–water partition coefficient (Wildman–Crippen LogP) is 4.45. The summed E-state index contributed by atoms with van der Waals surface area (Å²) in [6.45, 7) is 0.597. The van der Waals surface area contributed by atoms with Crippen LogP contribution in [0.2, 0.25) is 0 Å². The molecular formula is C23H27N3O2. The van der Waals surface area contributed by atoms with Crippen molar-refractivity contribution in [3.05, 3.63) is 60.4 Å². The fraction of sp³-hybridized carbons (Fsp3) is 0.391. The van der Waals surface area contributed by atoms with Gasteiger partial charge in [-0.3, -0.25) is 4.79 Å². The maximum absolute atomic E-state index is 12.8. The predicted molar refractivity (Wildman–Crippen MR) is 110 cm³/mol. The molecule has 4 rings (SSSR count). The monoisotopic (exact) mass is 377 g/mol. The summed E-state index contributed by atoms with van der Waals surface area (Å²) < 4.78 is 7.87. The van der Waals surface area contributed by atoms with Gasteiger partial charge in [-0.25, -0.2) is 4.98 Å². The van der Waals surface area contributed by atoms with Gasteiger partial charge < -0.3 is 14.6 Å². The number of hydrogen-bond donors (Lipinski definition) is 1. The third-order valence-electron chi connectivity index (χ3n) is 5.37. The number of ether oxygens (including phenoxy) is 1. The molecule has 1 fully saturated rings. The number of benzene rings is 2. The van der Waals surface area contributed by atoms with E-state index in [0.717, 1.165) is 35.4 Å². The summed E-state index contributed by atoms with van der Waals surface area (Å²) in [5, 5.41) is 3.23. The van der Waals surface area contributed by atoms with E-state index in [0.29, 0.717) is 12.6 Å². The lowest BCUT2D eigenvalue weighted by atomic mass is 10.1. The van der Waals surface area contributed by atoms with Gasteiger partial charge in [0.25, 0.3) is 0 Å². The Kier molecular flexibility index (Phi) is 5.90. The Morgan fingerprint density at radius 1 is 1.00 bits per heavy atom. The van der Waals surface area contributed by atoms with Crippen molar-refractivity contribution in [3.8, 4) is 5.75 Å². The largest absolute Gasteiger partial charge is 0.486 e. The third-order valence-corrected chi connectivity index (χ3v) is 5.37. The zero-order valence-corrected chi connectivity index (χ0v) is 16.1. The van der Waals surface area contributed by atoms with Gasteiger partial charge >= 0.3 is 0 Å². The molecule has 1 heterocycles. The minimum atomic E-state index is 0.0519. The number of nitrogens with zero attached hydrogens (tertiary/aromatic N) is 2. The summed E-state index contributed by atoms with van der Waals surface area (Å²) >= 11 is 0. The van der Waals surface area contributed by atoms with Crippen LogP contribution >= 0.6 is 0 Å². The number of nitrogens with one attached hydrogen (secondary N) is 1. The molecule has 1 amide bonds. The highest BCUT2D eigenvalue weighted by Crippen LogP contribution is 2.20. The molecule has 1 saturated carbocycles. The molecule has 0 bridgehead atoms. The number of carbonyl (C=O) groups is 1. The lowest BCUT2D eigenvalue weighted by Crippen LogP contribution is -2.37. The number of fused-ring (bicyclic) bond motifs is 1. The highest BCUT2D eigenvalue weighted by Gasteiger charge is 2.18. The zero-order chi connectivity index (χ0) is 19.2. The Labute approximate surface area is 165 Å². The molecule has 1 aromatic heterocycles. The van der Waals surface area contributed by atoms with Crippen molar-refractivity contribution in [2.24, 2.45) is 0 Å². The van der Waals surface area contributed by atoms with Crippen molar-refractivity contribution < 1.29 is 9.53 Å². The fourth-order valence-corrected chi connectivity index (χ4v) is 3.92. The molecule has 5 heteroatoms. The van der Waals surface area contributed by atoms with Crippen molar-refractivity contribution in [1.82, 2.24) is 14.9 Å². The van der Waals surface area contributed by atoms with Gasteiger partial charge in [-0.15, -0.1) is 0 Å². The van der Waals surface area contributed by atoms with Crippen LogP contribution in [0.5, 0.6) is 5.75 Å². The van der Waals surface area contributed by atoms with Gasteiger partial charge in [0.2, 0.25) is 5.91 Å². The van der Waals surface area contributed by atoms with Crippen LogP contribution in [0.15, 0.2) is 54.6 Å². The maximum atomic E-state index is 12.8. The topological polar surface area (TPSA) is 56.2 Å². The van der Waals surface area contributed by atoms with E-state index in [9.17, 15) is 4.79 Å². The van der Waals surface area contributed by atoms with E-state index < -0.39 is 0 Å². The van der Waals surface area contributed by atoms with Crippen molar-refractivity contribution >= 4 is 16.9 Å². The van der Waals surface area contributed by atoms with E-state index in [1.54, 1.807) is 0 Å². The number of para-hydroxylation sites is 3. The number of amides is 1. The number of rotatable bonds is 6. The van der Waals surface area contributed by atoms with Crippen LogP contribution in [0.25, 0.3) is 11.0 Å². The van der Waals surface area contributed by atoms with E-state index in [-0.39, 0.29) is 12.5 Å². The van der Waals surface area contributed by atoms with Gasteiger partial charge in [0.05, 0.1) is 11.0 Å². The molecule has 1 N–H and O–H groups in total. The minimum Gasteiger partial charge on any atom is -0.486 e. The van der Waals surface area contributed by atoms with Crippen LogP contribution in [-0.2, 0) is 17.9 Å². The highest BCUT2D eigenvalue weighted by atomic mass is 16.5. The third kappa shape index (κ3) is 4.53. The number of carbonyl (C=O) groups excluding carboxylic acids is 1. The van der Waals surface area contributed by atoms with E-state index in [2.05, 4.69) is 5.32 Å². The second kappa shape index (κ2) is 8.91. The first-order valence-electron chi connectivity index (χ1n) is 10.2. The zero-order valence-electron chi connectivity index (χ0n) is 16.1. The second-order valence-electron chi connectivity index (χ2n) is 7.46. The Bertz CT molecular complexity index is 912. The Balaban J connectivity index is 1.50. The van der Waals surface area contributed by atoms with Crippen LogP contribution in [0, 0.1) is 0 Å². The number of aromatic nitrogens is 2. The van der Waals surface area contributed by atoms with Crippen molar-refractivity contribution in [3.63, 3.8) is 0 Å².